The van der Waals surface area contributed by atoms with E-state index in [4.69, 9.17) is 0 Å². The van der Waals surface area contributed by atoms with Crippen LogP contribution in [-0.2, 0) is 0 Å². The Hall–Kier alpha value is -0.720. The fourth-order valence-electron chi connectivity index (χ4n) is 8.60. The van der Waals surface area contributed by atoms with Gasteiger partial charge in [-0.25, -0.2) is 0 Å². The van der Waals surface area contributed by atoms with E-state index in [0.29, 0.717) is 29.7 Å². The van der Waals surface area contributed by atoms with E-state index >= 15 is 0 Å². The first-order valence-corrected chi connectivity index (χ1v) is 13.0. The molecule has 0 heterocycles. The molecule has 0 bridgehead atoms. The second kappa shape index (κ2) is 8.16. The highest BCUT2D eigenvalue weighted by molar-refractivity contribution is 5.29. The van der Waals surface area contributed by atoms with Crippen LogP contribution in [-0.4, -0.2) is 55.0 Å². The smallest absolute Gasteiger partial charge is 0.101 e. The molecule has 5 nitrogen and oxygen atoms in total. The van der Waals surface area contributed by atoms with E-state index in [9.17, 15) is 25.5 Å². The van der Waals surface area contributed by atoms with Crippen molar-refractivity contribution >= 4 is 0 Å². The molecule has 4 aliphatic rings. The van der Waals surface area contributed by atoms with Crippen LogP contribution in [0.3, 0.4) is 0 Å². The Morgan fingerprint density at radius 2 is 1.73 bits per heavy atom. The Balaban J connectivity index is 1.57. The van der Waals surface area contributed by atoms with Gasteiger partial charge in [-0.3, -0.25) is 0 Å². The first kappa shape index (κ1) is 25.4. The van der Waals surface area contributed by atoms with Gasteiger partial charge in [-0.2, -0.15) is 0 Å². The highest BCUT2D eigenvalue weighted by atomic mass is 16.3. The zero-order valence-corrected chi connectivity index (χ0v) is 21.2. The molecule has 0 saturated heterocycles. The average molecular weight is 463 g/mol. The summed E-state index contributed by atoms with van der Waals surface area (Å²) in [5.41, 5.74) is -0.877. The molecule has 3 saturated carbocycles. The molecule has 0 aromatic heterocycles. The summed E-state index contributed by atoms with van der Waals surface area (Å²) in [6, 6.07) is 0. The van der Waals surface area contributed by atoms with Gasteiger partial charge in [0, 0.05) is 0 Å². The van der Waals surface area contributed by atoms with Crippen LogP contribution in [0.1, 0.15) is 86.0 Å². The van der Waals surface area contributed by atoms with E-state index in [2.05, 4.69) is 26.5 Å². The molecule has 33 heavy (non-hydrogen) atoms. The lowest BCUT2D eigenvalue weighted by Crippen LogP contribution is -2.57. The summed E-state index contributed by atoms with van der Waals surface area (Å²) in [7, 11) is 0. The predicted octanol–water partition coefficient (Wildman–Crippen LogP) is 3.73. The maximum atomic E-state index is 11.7. The summed E-state index contributed by atoms with van der Waals surface area (Å²) in [6.45, 7) is 13.7. The van der Waals surface area contributed by atoms with Crippen LogP contribution in [0.15, 0.2) is 23.8 Å². The number of rotatable bonds is 5. The Labute approximate surface area is 199 Å². The van der Waals surface area contributed by atoms with E-state index in [1.54, 1.807) is 20.8 Å². The quantitative estimate of drug-likeness (QED) is 0.401. The van der Waals surface area contributed by atoms with Crippen molar-refractivity contribution in [3.8, 4) is 0 Å². The van der Waals surface area contributed by atoms with Gasteiger partial charge >= 0.3 is 0 Å². The Morgan fingerprint density at radius 3 is 2.36 bits per heavy atom. The number of hydrogen-bond acceptors (Lipinski definition) is 5. The summed E-state index contributed by atoms with van der Waals surface area (Å²) in [4.78, 5) is 0. The number of aliphatic hydroxyl groups is 5. The van der Waals surface area contributed by atoms with Gasteiger partial charge in [0.1, 0.15) is 6.10 Å². The molecule has 0 unspecified atom stereocenters. The molecule has 188 valence electrons. The first-order valence-electron chi connectivity index (χ1n) is 13.0. The average Bonchev–Trinajstić information content (AvgIpc) is 3.08. The van der Waals surface area contributed by atoms with Gasteiger partial charge in [-0.05, 0) is 118 Å². The highest BCUT2D eigenvalue weighted by Gasteiger charge is 2.63. The maximum Gasteiger partial charge on any atom is 0.101 e. The molecule has 0 aromatic carbocycles. The number of fused-ring (bicyclic) bond motifs is 5. The van der Waals surface area contributed by atoms with Crippen molar-refractivity contribution in [3.05, 3.63) is 23.8 Å². The molecular weight excluding hydrogens is 416 g/mol. The Bertz CT molecular complexity index is 810. The van der Waals surface area contributed by atoms with Crippen LogP contribution < -0.4 is 0 Å². The number of hydrogen-bond donors (Lipinski definition) is 5. The molecule has 0 amide bonds. The molecule has 5 N–H and O–H groups in total. The van der Waals surface area contributed by atoms with Gasteiger partial charge in [-0.15, -0.1) is 0 Å². The third kappa shape index (κ3) is 3.87. The minimum atomic E-state index is -1.25. The summed E-state index contributed by atoms with van der Waals surface area (Å²) >= 11 is 0. The molecule has 10 atom stereocenters. The summed E-state index contributed by atoms with van der Waals surface area (Å²) in [5.74, 6) is 1.44. The third-order valence-corrected chi connectivity index (χ3v) is 10.9. The minimum Gasteiger partial charge on any atom is -0.390 e. The topological polar surface area (TPSA) is 101 Å². The van der Waals surface area contributed by atoms with Gasteiger partial charge in [-0.1, -0.05) is 26.5 Å². The standard InChI is InChI=1S/C28H46O5/c1-16(25(2,3)32)15-23(30)28(6,33)22-10-9-18-17-7-8-20-24(31)21(29)12-14-26(20,4)19(17)11-13-27(18,22)5/h8,17-19,21-24,29-33H,1,7,9-15H2,2-6H3/t17-,18-,19-,21-,22-,23-,24+,26+,27-,28-/m0/s1. The van der Waals surface area contributed by atoms with E-state index < -0.39 is 29.5 Å². The van der Waals surface area contributed by atoms with E-state index in [-0.39, 0.29) is 23.2 Å². The van der Waals surface area contributed by atoms with Crippen LogP contribution in [0.25, 0.3) is 0 Å². The highest BCUT2D eigenvalue weighted by Crippen LogP contribution is 2.67. The van der Waals surface area contributed by atoms with Gasteiger partial charge in [0.25, 0.3) is 0 Å². The third-order valence-electron chi connectivity index (χ3n) is 10.9. The second-order valence-corrected chi connectivity index (χ2v) is 13.0. The predicted molar refractivity (Wildman–Crippen MR) is 129 cm³/mol. The molecule has 0 spiro atoms. The van der Waals surface area contributed by atoms with Gasteiger partial charge < -0.3 is 25.5 Å². The lowest BCUT2D eigenvalue weighted by atomic mass is 9.46. The maximum absolute atomic E-state index is 11.7. The second-order valence-electron chi connectivity index (χ2n) is 13.0. The van der Waals surface area contributed by atoms with Crippen LogP contribution in [0.2, 0.25) is 0 Å². The van der Waals surface area contributed by atoms with E-state index in [1.807, 2.05) is 0 Å². The summed E-state index contributed by atoms with van der Waals surface area (Å²) in [5, 5.41) is 53.9. The fourth-order valence-corrected chi connectivity index (χ4v) is 8.60. The molecule has 0 radical (unpaired) electrons. The van der Waals surface area contributed by atoms with Crippen LogP contribution >= 0.6 is 0 Å². The SMILES string of the molecule is C=C(C[C@H](O)[C@@](C)(O)[C@H]1CC[C@H]2[C@@H]3CC=C4[C@@H](O)[C@@H](O)CC[C@]4(C)[C@H]3CC[C@]12C)C(C)(C)O. The molecule has 4 aliphatic carbocycles. The minimum absolute atomic E-state index is 0.0162. The van der Waals surface area contributed by atoms with Crippen molar-refractivity contribution in [1.29, 1.82) is 0 Å². The zero-order valence-electron chi connectivity index (χ0n) is 21.2. The van der Waals surface area contributed by atoms with Crippen LogP contribution in [0.4, 0.5) is 0 Å². The van der Waals surface area contributed by atoms with Crippen molar-refractivity contribution in [1.82, 2.24) is 0 Å². The molecule has 4 rings (SSSR count). The van der Waals surface area contributed by atoms with Crippen LogP contribution in [0.5, 0.6) is 0 Å². The van der Waals surface area contributed by atoms with Crippen LogP contribution in [0, 0.1) is 34.5 Å². The zero-order chi connectivity index (χ0) is 24.6. The summed E-state index contributed by atoms with van der Waals surface area (Å²) < 4.78 is 0. The molecule has 5 heteroatoms. The lowest BCUT2D eigenvalue weighted by Gasteiger charge is -2.59. The molecular formula is C28H46O5. The number of allylic oxidation sites excluding steroid dienone is 1. The van der Waals surface area contributed by atoms with E-state index in [1.165, 1.54) is 0 Å². The normalized spacial score (nSPS) is 45.8. The van der Waals surface area contributed by atoms with Crippen molar-refractivity contribution < 1.29 is 25.5 Å². The fraction of sp³-hybridized carbons (Fsp3) is 0.857. The molecule has 0 aromatic rings. The van der Waals surface area contributed by atoms with Crippen molar-refractivity contribution in [2.75, 3.05) is 0 Å². The van der Waals surface area contributed by atoms with Gasteiger partial charge in [0.05, 0.1) is 23.4 Å². The van der Waals surface area contributed by atoms with Crippen molar-refractivity contribution in [2.24, 2.45) is 34.5 Å². The van der Waals surface area contributed by atoms with Gasteiger partial charge in [0.2, 0.25) is 0 Å². The lowest BCUT2D eigenvalue weighted by molar-refractivity contribution is -0.151. The molecule has 0 aliphatic heterocycles. The largest absolute Gasteiger partial charge is 0.390 e. The monoisotopic (exact) mass is 462 g/mol. The number of aliphatic hydroxyl groups excluding tert-OH is 3. The molecule has 3 fully saturated rings. The summed E-state index contributed by atoms with van der Waals surface area (Å²) in [6.07, 6.45) is 6.50. The Kier molecular flexibility index (Phi) is 6.28. The van der Waals surface area contributed by atoms with E-state index in [0.717, 1.165) is 44.1 Å². The van der Waals surface area contributed by atoms with Gasteiger partial charge in [0.15, 0.2) is 0 Å². The Morgan fingerprint density at radius 1 is 1.06 bits per heavy atom. The van der Waals surface area contributed by atoms with Crippen molar-refractivity contribution in [2.45, 2.75) is 115 Å². The first-order chi connectivity index (χ1) is 15.1. The van der Waals surface area contributed by atoms with Crippen molar-refractivity contribution in [3.63, 3.8) is 0 Å².